The average molecular weight is 554 g/mol. The first-order valence-electron chi connectivity index (χ1n) is 14.6. The molecule has 7 aromatic rings. The van der Waals surface area contributed by atoms with Gasteiger partial charge in [-0.2, -0.15) is 0 Å². The summed E-state index contributed by atoms with van der Waals surface area (Å²) >= 11 is 0. The van der Waals surface area contributed by atoms with Crippen molar-refractivity contribution in [2.45, 2.75) is 6.92 Å². The highest BCUT2D eigenvalue weighted by Gasteiger charge is 2.17. The Morgan fingerprint density at radius 1 is 0.581 bits per heavy atom. The molecule has 2 heteroatoms. The molecule has 1 aromatic heterocycles. The highest BCUT2D eigenvalue weighted by Crippen LogP contribution is 2.41. The molecule has 0 radical (unpaired) electrons. The lowest BCUT2D eigenvalue weighted by molar-refractivity contribution is 0.603. The van der Waals surface area contributed by atoms with Crippen LogP contribution >= 0.6 is 0 Å². The number of nitrogens with one attached hydrogen (secondary N) is 1. The Morgan fingerprint density at radius 3 is 2.00 bits per heavy atom. The van der Waals surface area contributed by atoms with E-state index in [1.54, 1.807) is 0 Å². The number of anilines is 2. The molecule has 0 saturated heterocycles. The molecule has 7 rings (SSSR count). The van der Waals surface area contributed by atoms with Gasteiger partial charge in [-0.05, 0) is 75.9 Å². The molecule has 206 valence electrons. The zero-order chi connectivity index (χ0) is 29.2. The molecule has 0 unspecified atom stereocenters. The van der Waals surface area contributed by atoms with Crippen molar-refractivity contribution >= 4 is 45.3 Å². The topological polar surface area (TPSA) is 25.2 Å². The van der Waals surface area contributed by atoms with Crippen molar-refractivity contribution in [1.82, 2.24) is 0 Å². The summed E-state index contributed by atoms with van der Waals surface area (Å²) in [6.07, 6.45) is 5.90. The fraction of sp³-hybridized carbons (Fsp3) is 0.0244. The minimum absolute atomic E-state index is 0.834. The van der Waals surface area contributed by atoms with E-state index in [0.717, 1.165) is 39.2 Å². The molecule has 1 heterocycles. The lowest BCUT2D eigenvalue weighted by Crippen LogP contribution is -1.93. The summed E-state index contributed by atoms with van der Waals surface area (Å²) in [6, 6.07) is 47.0. The summed E-state index contributed by atoms with van der Waals surface area (Å²) in [5, 5.41) is 7.14. The van der Waals surface area contributed by atoms with Crippen LogP contribution in [0.3, 0.4) is 0 Å². The molecular formula is C41H31NO. The Balaban J connectivity index is 1.27. The maximum Gasteiger partial charge on any atom is 0.136 e. The summed E-state index contributed by atoms with van der Waals surface area (Å²) in [6.45, 7) is 6.10. The number of furan rings is 1. The molecule has 1 N–H and O–H groups in total. The second-order valence-electron chi connectivity index (χ2n) is 10.6. The number of allylic oxidation sites excluding steroid dienone is 1. The van der Waals surface area contributed by atoms with Crippen LogP contribution in [-0.2, 0) is 0 Å². The van der Waals surface area contributed by atoms with Crippen LogP contribution in [0.25, 0.3) is 67.3 Å². The van der Waals surface area contributed by atoms with Crippen molar-refractivity contribution in [2.75, 3.05) is 5.32 Å². The van der Waals surface area contributed by atoms with Gasteiger partial charge in [-0.25, -0.2) is 0 Å². The van der Waals surface area contributed by atoms with Gasteiger partial charge in [0.2, 0.25) is 0 Å². The number of hydrogen-bond donors (Lipinski definition) is 1. The molecule has 0 aliphatic carbocycles. The first-order chi connectivity index (χ1) is 21.2. The second-order valence-corrected chi connectivity index (χ2v) is 10.6. The van der Waals surface area contributed by atoms with Crippen LogP contribution in [0.5, 0.6) is 0 Å². The maximum absolute atomic E-state index is 6.22. The van der Waals surface area contributed by atoms with Gasteiger partial charge in [-0.3, -0.25) is 0 Å². The van der Waals surface area contributed by atoms with Crippen molar-refractivity contribution in [3.8, 4) is 33.4 Å². The second kappa shape index (κ2) is 11.3. The van der Waals surface area contributed by atoms with E-state index >= 15 is 0 Å². The van der Waals surface area contributed by atoms with E-state index in [0.29, 0.717) is 0 Å². The third-order valence-corrected chi connectivity index (χ3v) is 8.00. The molecule has 0 aliphatic rings. The predicted octanol–water partition coefficient (Wildman–Crippen LogP) is 12.0. The van der Waals surface area contributed by atoms with Crippen LogP contribution in [0.1, 0.15) is 18.2 Å². The van der Waals surface area contributed by atoms with Crippen LogP contribution in [0.2, 0.25) is 0 Å². The van der Waals surface area contributed by atoms with Crippen molar-refractivity contribution < 1.29 is 4.42 Å². The number of rotatable bonds is 7. The third-order valence-electron chi connectivity index (χ3n) is 8.00. The largest absolute Gasteiger partial charge is 0.456 e. The fourth-order valence-corrected chi connectivity index (χ4v) is 6.03. The highest BCUT2D eigenvalue weighted by atomic mass is 16.3. The summed E-state index contributed by atoms with van der Waals surface area (Å²) in [5.74, 6) is 0.834. The molecule has 0 fully saturated rings. The normalized spacial score (nSPS) is 11.4. The van der Waals surface area contributed by atoms with Gasteiger partial charge in [-0.15, -0.1) is 0 Å². The molecule has 0 bridgehead atoms. The molecule has 0 saturated carbocycles. The Hall–Kier alpha value is -5.60. The van der Waals surface area contributed by atoms with E-state index in [1.165, 1.54) is 38.6 Å². The van der Waals surface area contributed by atoms with Gasteiger partial charge in [0.1, 0.15) is 11.3 Å². The smallest absolute Gasteiger partial charge is 0.136 e. The van der Waals surface area contributed by atoms with E-state index in [1.807, 2.05) is 37.3 Å². The van der Waals surface area contributed by atoms with Crippen LogP contribution in [0.4, 0.5) is 11.4 Å². The van der Waals surface area contributed by atoms with E-state index < -0.39 is 0 Å². The Labute approximate surface area is 252 Å². The number of fused-ring (bicyclic) bond motifs is 2. The zero-order valence-electron chi connectivity index (χ0n) is 24.0. The van der Waals surface area contributed by atoms with Gasteiger partial charge >= 0.3 is 0 Å². The molecule has 2 nitrogen and oxygen atoms in total. The van der Waals surface area contributed by atoms with Gasteiger partial charge < -0.3 is 9.73 Å². The first kappa shape index (κ1) is 26.3. The Bertz CT molecular complexity index is 2110. The minimum atomic E-state index is 0.834. The van der Waals surface area contributed by atoms with Gasteiger partial charge in [-0.1, -0.05) is 128 Å². The lowest BCUT2D eigenvalue weighted by Gasteiger charge is -2.15. The van der Waals surface area contributed by atoms with Crippen molar-refractivity contribution in [2.24, 2.45) is 0 Å². The quantitative estimate of drug-likeness (QED) is 0.212. The van der Waals surface area contributed by atoms with E-state index in [9.17, 15) is 0 Å². The first-order valence-corrected chi connectivity index (χ1v) is 14.6. The zero-order valence-corrected chi connectivity index (χ0v) is 24.0. The molecule has 0 spiro atoms. The van der Waals surface area contributed by atoms with E-state index in [-0.39, 0.29) is 0 Å². The summed E-state index contributed by atoms with van der Waals surface area (Å²) in [4.78, 5) is 0. The van der Waals surface area contributed by atoms with E-state index in [2.05, 4.69) is 133 Å². The number of para-hydroxylation sites is 1. The molecular weight excluding hydrogens is 522 g/mol. The summed E-state index contributed by atoms with van der Waals surface area (Å²) < 4.78 is 6.22. The Morgan fingerprint density at radius 2 is 1.23 bits per heavy atom. The standard InChI is InChI=1S/C41H31NO/c1-3-13-39-31(4-2)41-37(19-12-21-40(41)43-39)36-27-26-32(34-17-8-9-18-35(34)36)29-22-24-30(25-23-29)42-38-20-11-10-16-33(38)28-14-6-5-7-15-28/h3-27,42H,2H2,1H3/b13-3-. The average Bonchev–Trinajstić information content (AvgIpc) is 3.43. The minimum Gasteiger partial charge on any atom is -0.456 e. The number of hydrogen-bond acceptors (Lipinski definition) is 2. The van der Waals surface area contributed by atoms with Crippen LogP contribution in [0, 0.1) is 0 Å². The maximum atomic E-state index is 6.22. The van der Waals surface area contributed by atoms with Crippen molar-refractivity contribution in [3.05, 3.63) is 157 Å². The van der Waals surface area contributed by atoms with Gasteiger partial charge in [0.15, 0.2) is 0 Å². The van der Waals surface area contributed by atoms with Crippen LogP contribution in [0.15, 0.2) is 151 Å². The highest BCUT2D eigenvalue weighted by molar-refractivity contribution is 6.11. The SMILES string of the molecule is C=Cc1c(/C=C\C)oc2cccc(-c3ccc(-c4ccc(Nc5ccccc5-c5ccccc5)cc4)c4ccccc34)c12. The lowest BCUT2D eigenvalue weighted by atomic mass is 9.90. The molecule has 6 aromatic carbocycles. The monoisotopic (exact) mass is 553 g/mol. The Kier molecular flexibility index (Phi) is 6.94. The summed E-state index contributed by atoms with van der Waals surface area (Å²) in [5.41, 5.74) is 11.1. The predicted molar refractivity (Wildman–Crippen MR) is 185 cm³/mol. The van der Waals surface area contributed by atoms with Gasteiger partial charge in [0, 0.05) is 27.9 Å². The fourth-order valence-electron chi connectivity index (χ4n) is 6.03. The van der Waals surface area contributed by atoms with Crippen LogP contribution < -0.4 is 5.32 Å². The van der Waals surface area contributed by atoms with E-state index in [4.69, 9.17) is 4.42 Å². The molecule has 0 atom stereocenters. The molecule has 0 amide bonds. The third kappa shape index (κ3) is 4.83. The van der Waals surface area contributed by atoms with Crippen molar-refractivity contribution in [1.29, 1.82) is 0 Å². The van der Waals surface area contributed by atoms with Crippen molar-refractivity contribution in [3.63, 3.8) is 0 Å². The number of benzene rings is 6. The molecule has 0 aliphatic heterocycles. The van der Waals surface area contributed by atoms with Gasteiger partial charge in [0.25, 0.3) is 0 Å². The van der Waals surface area contributed by atoms with Gasteiger partial charge in [0.05, 0.1) is 0 Å². The summed E-state index contributed by atoms with van der Waals surface area (Å²) in [7, 11) is 0. The van der Waals surface area contributed by atoms with Crippen LogP contribution in [-0.4, -0.2) is 0 Å². The molecule has 43 heavy (non-hydrogen) atoms.